The predicted octanol–water partition coefficient (Wildman–Crippen LogP) is 1.49. The maximum absolute atomic E-state index is 5.27. The van der Waals surface area contributed by atoms with Gasteiger partial charge in [0.25, 0.3) is 0 Å². The average molecular weight is 198 g/mol. The first-order valence-electron chi connectivity index (χ1n) is 4.66. The van der Waals surface area contributed by atoms with Gasteiger partial charge in [-0.05, 0) is 6.92 Å². The second-order valence-corrected chi connectivity index (χ2v) is 9.17. The zero-order valence-corrected chi connectivity index (χ0v) is 9.85. The van der Waals surface area contributed by atoms with Gasteiger partial charge in [0, 0.05) is 18.1 Å². The maximum Gasteiger partial charge on any atom is 0.132 e. The molecule has 1 heterocycles. The Morgan fingerprint density at radius 2 is 2.15 bits per heavy atom. The van der Waals surface area contributed by atoms with Gasteiger partial charge in [-0.25, -0.2) is 4.98 Å². The summed E-state index contributed by atoms with van der Waals surface area (Å²) in [5.41, 5.74) is 0. The normalized spacial score (nSPS) is 12.0. The summed E-state index contributed by atoms with van der Waals surface area (Å²) in [6.07, 6.45) is 1.95. The van der Waals surface area contributed by atoms with Crippen LogP contribution in [0.3, 0.4) is 0 Å². The monoisotopic (exact) mass is 198 g/mol. The van der Waals surface area contributed by atoms with Gasteiger partial charge in [0.15, 0.2) is 0 Å². The van der Waals surface area contributed by atoms with Gasteiger partial charge in [0.1, 0.15) is 20.5 Å². The van der Waals surface area contributed by atoms with Crippen LogP contribution in [-0.2, 0) is 11.3 Å². The topological polar surface area (TPSA) is 37.9 Å². The highest BCUT2D eigenvalue weighted by Crippen LogP contribution is 2.00. The van der Waals surface area contributed by atoms with E-state index in [0.29, 0.717) is 6.61 Å². The second kappa shape index (κ2) is 4.06. The molecular weight excluding hydrogens is 180 g/mol. The van der Waals surface area contributed by atoms with Crippen LogP contribution in [0.25, 0.3) is 0 Å². The van der Waals surface area contributed by atoms with E-state index in [9.17, 15) is 0 Å². The minimum absolute atomic E-state index is 0.598. The Hall–Kier alpha value is -0.613. The van der Waals surface area contributed by atoms with Crippen LogP contribution in [0.15, 0.2) is 6.20 Å². The minimum atomic E-state index is -1.23. The first kappa shape index (κ1) is 10.5. The van der Waals surface area contributed by atoms with Crippen LogP contribution < -0.4 is 5.32 Å². The third-order valence-corrected chi connectivity index (χ3v) is 3.75. The van der Waals surface area contributed by atoms with E-state index in [2.05, 4.69) is 29.6 Å². The van der Waals surface area contributed by atoms with E-state index < -0.39 is 8.07 Å². The lowest BCUT2D eigenvalue weighted by Crippen LogP contribution is -2.38. The molecule has 1 N–H and O–H groups in total. The molecule has 4 heteroatoms. The van der Waals surface area contributed by atoms with Crippen molar-refractivity contribution in [3.63, 3.8) is 0 Å². The van der Waals surface area contributed by atoms with Gasteiger partial charge < -0.3 is 9.72 Å². The van der Waals surface area contributed by atoms with Gasteiger partial charge in [0.2, 0.25) is 0 Å². The number of aromatic amines is 1. The third kappa shape index (κ3) is 2.97. The second-order valence-electron chi connectivity index (χ2n) is 4.13. The SMILES string of the molecule is CCOCc1ncc([Si](C)(C)C)[nH]1. The molecule has 0 spiro atoms. The van der Waals surface area contributed by atoms with Crippen molar-refractivity contribution in [2.45, 2.75) is 33.2 Å². The standard InChI is InChI=1S/C9H18N2OSi/c1-5-12-7-8-10-6-9(11-8)13(2,3)4/h6H,5,7H2,1-4H3,(H,10,11). The van der Waals surface area contributed by atoms with Crippen LogP contribution in [-0.4, -0.2) is 24.6 Å². The molecule has 0 unspecified atom stereocenters. The summed E-state index contributed by atoms with van der Waals surface area (Å²) in [4.78, 5) is 7.59. The molecule has 0 bridgehead atoms. The number of imidazole rings is 1. The number of ether oxygens (including phenoxy) is 1. The summed E-state index contributed by atoms with van der Waals surface area (Å²) < 4.78 is 5.27. The molecule has 0 saturated carbocycles. The Balaban J connectivity index is 2.64. The van der Waals surface area contributed by atoms with Crippen molar-refractivity contribution in [2.24, 2.45) is 0 Å². The zero-order chi connectivity index (χ0) is 9.90. The largest absolute Gasteiger partial charge is 0.374 e. The quantitative estimate of drug-likeness (QED) is 0.744. The lowest BCUT2D eigenvalue weighted by Gasteiger charge is -2.12. The van der Waals surface area contributed by atoms with Crippen LogP contribution in [0.1, 0.15) is 12.7 Å². The summed E-state index contributed by atoms with van der Waals surface area (Å²) >= 11 is 0. The fourth-order valence-electron chi connectivity index (χ4n) is 1.02. The Kier molecular flexibility index (Phi) is 3.27. The number of nitrogens with one attached hydrogen (secondary N) is 1. The molecule has 3 nitrogen and oxygen atoms in total. The van der Waals surface area contributed by atoms with Gasteiger partial charge in [-0.15, -0.1) is 0 Å². The van der Waals surface area contributed by atoms with Gasteiger partial charge in [-0.2, -0.15) is 0 Å². The highest BCUT2D eigenvalue weighted by molar-refractivity contribution is 6.88. The van der Waals surface area contributed by atoms with Crippen molar-refractivity contribution >= 4 is 13.4 Å². The summed E-state index contributed by atoms with van der Waals surface area (Å²) in [6.45, 7) is 10.2. The molecule has 1 aromatic rings. The van der Waals surface area contributed by atoms with E-state index in [1.54, 1.807) is 0 Å². The molecule has 13 heavy (non-hydrogen) atoms. The number of H-pyrrole nitrogens is 1. The summed E-state index contributed by atoms with van der Waals surface area (Å²) in [6, 6.07) is 0. The molecule has 0 amide bonds. The van der Waals surface area contributed by atoms with Gasteiger partial charge in [-0.1, -0.05) is 19.6 Å². The lowest BCUT2D eigenvalue weighted by molar-refractivity contribution is 0.129. The maximum atomic E-state index is 5.27. The van der Waals surface area contributed by atoms with Crippen LogP contribution >= 0.6 is 0 Å². The molecule has 1 rings (SSSR count). The van der Waals surface area contributed by atoms with Crippen molar-refractivity contribution in [1.82, 2.24) is 9.97 Å². The van der Waals surface area contributed by atoms with E-state index in [-0.39, 0.29) is 0 Å². The number of aromatic nitrogens is 2. The van der Waals surface area contributed by atoms with E-state index in [1.165, 1.54) is 5.32 Å². The first-order chi connectivity index (χ1) is 6.04. The molecule has 0 aromatic carbocycles. The molecule has 74 valence electrons. The highest BCUT2D eigenvalue weighted by Gasteiger charge is 2.18. The van der Waals surface area contributed by atoms with E-state index >= 15 is 0 Å². The van der Waals surface area contributed by atoms with Crippen LogP contribution in [0.2, 0.25) is 19.6 Å². The molecule has 0 aliphatic rings. The Bertz CT molecular complexity index is 265. The van der Waals surface area contributed by atoms with Gasteiger partial charge in [-0.3, -0.25) is 0 Å². The van der Waals surface area contributed by atoms with Crippen LogP contribution in [0.4, 0.5) is 0 Å². The van der Waals surface area contributed by atoms with Crippen molar-refractivity contribution in [1.29, 1.82) is 0 Å². The van der Waals surface area contributed by atoms with Crippen molar-refractivity contribution in [3.8, 4) is 0 Å². The zero-order valence-electron chi connectivity index (χ0n) is 8.85. The Morgan fingerprint density at radius 1 is 1.46 bits per heavy atom. The van der Waals surface area contributed by atoms with Crippen molar-refractivity contribution in [3.05, 3.63) is 12.0 Å². The molecule has 0 radical (unpaired) electrons. The molecule has 0 saturated heterocycles. The first-order valence-corrected chi connectivity index (χ1v) is 8.16. The van der Waals surface area contributed by atoms with Crippen LogP contribution in [0.5, 0.6) is 0 Å². The minimum Gasteiger partial charge on any atom is -0.374 e. The third-order valence-electron chi connectivity index (χ3n) is 1.88. The smallest absolute Gasteiger partial charge is 0.132 e. The fraction of sp³-hybridized carbons (Fsp3) is 0.667. The molecule has 0 fully saturated rings. The van der Waals surface area contributed by atoms with Crippen molar-refractivity contribution in [2.75, 3.05) is 6.61 Å². The molecule has 0 aliphatic heterocycles. The molecule has 1 aromatic heterocycles. The summed E-state index contributed by atoms with van der Waals surface area (Å²) in [5, 5.41) is 1.29. The highest BCUT2D eigenvalue weighted by atomic mass is 28.3. The summed E-state index contributed by atoms with van der Waals surface area (Å²) in [5.74, 6) is 0.944. The average Bonchev–Trinajstić information content (AvgIpc) is 2.47. The van der Waals surface area contributed by atoms with Crippen molar-refractivity contribution < 1.29 is 4.74 Å². The van der Waals surface area contributed by atoms with E-state index in [4.69, 9.17) is 4.74 Å². The van der Waals surface area contributed by atoms with E-state index in [1.807, 2.05) is 13.1 Å². The lowest BCUT2D eigenvalue weighted by atomic mass is 10.7. The Labute approximate surface area is 80.5 Å². The number of nitrogens with zero attached hydrogens (tertiary/aromatic N) is 1. The molecule has 0 atom stereocenters. The van der Waals surface area contributed by atoms with Crippen LogP contribution in [0, 0.1) is 0 Å². The van der Waals surface area contributed by atoms with E-state index in [0.717, 1.165) is 12.4 Å². The van der Waals surface area contributed by atoms with Gasteiger partial charge >= 0.3 is 0 Å². The summed E-state index contributed by atoms with van der Waals surface area (Å²) in [7, 11) is -1.23. The Morgan fingerprint density at radius 3 is 2.62 bits per heavy atom. The number of hydrogen-bond donors (Lipinski definition) is 1. The van der Waals surface area contributed by atoms with Gasteiger partial charge in [0.05, 0.1) is 0 Å². The number of hydrogen-bond acceptors (Lipinski definition) is 2. The predicted molar refractivity (Wildman–Crippen MR) is 56.9 cm³/mol. The number of rotatable bonds is 4. The fourth-order valence-corrected chi connectivity index (χ4v) is 1.99. The molecular formula is C9H18N2OSi. The molecule has 0 aliphatic carbocycles.